The van der Waals surface area contributed by atoms with Gasteiger partial charge < -0.3 is 9.47 Å². The first-order valence-electron chi connectivity index (χ1n) is 7.40. The Balaban J connectivity index is 2.05. The second-order valence-corrected chi connectivity index (χ2v) is 7.32. The molecule has 0 fully saturated rings. The van der Waals surface area contributed by atoms with Crippen LogP contribution in [0, 0.1) is 6.92 Å². The summed E-state index contributed by atoms with van der Waals surface area (Å²) in [5, 5.41) is 0.325. The first-order valence-corrected chi connectivity index (χ1v) is 9.26. The summed E-state index contributed by atoms with van der Waals surface area (Å²) in [5.74, 6) is 0.0783. The Hall–Kier alpha value is -2.25. The third-order valence-electron chi connectivity index (χ3n) is 3.31. The standard InChI is InChI=1S/C17H18ClNO5S/c1-12-3-8-16(15(18)11-12)19-25(21,22)14-6-4-13(5-7-14)24-10-9-17(20)23-2/h3-8,11,19H,9-10H2,1-2H3. The number of rotatable bonds is 7. The number of ether oxygens (including phenoxy) is 2. The van der Waals surface area contributed by atoms with Crippen molar-refractivity contribution in [2.75, 3.05) is 18.4 Å². The number of hydrogen-bond acceptors (Lipinski definition) is 5. The van der Waals surface area contributed by atoms with Crippen molar-refractivity contribution in [2.24, 2.45) is 0 Å². The van der Waals surface area contributed by atoms with Gasteiger partial charge in [0, 0.05) is 0 Å². The van der Waals surface area contributed by atoms with Crippen LogP contribution >= 0.6 is 11.6 Å². The van der Waals surface area contributed by atoms with Crippen molar-refractivity contribution < 1.29 is 22.7 Å². The maximum Gasteiger partial charge on any atom is 0.308 e. The molecule has 0 aliphatic heterocycles. The Morgan fingerprint density at radius 3 is 2.44 bits per heavy atom. The van der Waals surface area contributed by atoms with Crippen LogP contribution in [0.3, 0.4) is 0 Å². The molecule has 1 N–H and O–H groups in total. The number of esters is 1. The van der Waals surface area contributed by atoms with Crippen molar-refractivity contribution in [1.82, 2.24) is 0 Å². The van der Waals surface area contributed by atoms with Crippen LogP contribution in [0.25, 0.3) is 0 Å². The summed E-state index contributed by atoms with van der Waals surface area (Å²) in [6, 6.07) is 10.9. The molecular formula is C17H18ClNO5S. The summed E-state index contributed by atoms with van der Waals surface area (Å²) in [4.78, 5) is 11.1. The third kappa shape index (κ3) is 5.37. The second-order valence-electron chi connectivity index (χ2n) is 5.23. The van der Waals surface area contributed by atoms with Gasteiger partial charge in [0.2, 0.25) is 0 Å². The van der Waals surface area contributed by atoms with Gasteiger partial charge in [0.05, 0.1) is 35.7 Å². The highest BCUT2D eigenvalue weighted by atomic mass is 35.5. The molecule has 0 bridgehead atoms. The van der Waals surface area contributed by atoms with E-state index >= 15 is 0 Å². The fourth-order valence-corrected chi connectivity index (χ4v) is 3.39. The number of carbonyl (C=O) groups excluding carboxylic acids is 1. The lowest BCUT2D eigenvalue weighted by Gasteiger charge is -2.11. The van der Waals surface area contributed by atoms with Gasteiger partial charge in [-0.2, -0.15) is 0 Å². The van der Waals surface area contributed by atoms with Crippen molar-refractivity contribution in [1.29, 1.82) is 0 Å². The fourth-order valence-electron chi connectivity index (χ4n) is 1.98. The van der Waals surface area contributed by atoms with E-state index in [4.69, 9.17) is 16.3 Å². The molecule has 25 heavy (non-hydrogen) atoms. The Morgan fingerprint density at radius 1 is 1.16 bits per heavy atom. The zero-order valence-electron chi connectivity index (χ0n) is 13.8. The minimum Gasteiger partial charge on any atom is -0.493 e. The van der Waals surface area contributed by atoms with Crippen LogP contribution in [0.1, 0.15) is 12.0 Å². The van der Waals surface area contributed by atoms with Gasteiger partial charge in [0.25, 0.3) is 10.0 Å². The molecule has 0 radical (unpaired) electrons. The fraction of sp³-hybridized carbons (Fsp3) is 0.235. The highest BCUT2D eigenvalue weighted by Gasteiger charge is 2.16. The van der Waals surface area contributed by atoms with Crippen molar-refractivity contribution in [2.45, 2.75) is 18.2 Å². The number of methoxy groups -OCH3 is 1. The second kappa shape index (κ2) is 8.22. The van der Waals surface area contributed by atoms with Crippen LogP contribution in [-0.4, -0.2) is 28.1 Å². The third-order valence-corrected chi connectivity index (χ3v) is 5.00. The van der Waals surface area contributed by atoms with E-state index in [1.807, 2.05) is 6.92 Å². The van der Waals surface area contributed by atoms with Crippen LogP contribution in [-0.2, 0) is 19.6 Å². The lowest BCUT2D eigenvalue weighted by atomic mass is 10.2. The molecule has 8 heteroatoms. The molecular weight excluding hydrogens is 366 g/mol. The summed E-state index contributed by atoms with van der Waals surface area (Å²) in [6.07, 6.45) is 0.115. The molecule has 2 aromatic carbocycles. The van der Waals surface area contributed by atoms with E-state index in [-0.39, 0.29) is 23.9 Å². The molecule has 2 rings (SSSR count). The molecule has 0 atom stereocenters. The Morgan fingerprint density at radius 2 is 1.84 bits per heavy atom. The van der Waals surface area contributed by atoms with Crippen molar-refractivity contribution >= 4 is 33.3 Å². The average Bonchev–Trinajstić information content (AvgIpc) is 2.57. The highest BCUT2D eigenvalue weighted by molar-refractivity contribution is 7.92. The van der Waals surface area contributed by atoms with Crippen molar-refractivity contribution in [3.05, 3.63) is 53.1 Å². The topological polar surface area (TPSA) is 81.7 Å². The molecule has 0 saturated heterocycles. The van der Waals surface area contributed by atoms with Gasteiger partial charge in [-0.15, -0.1) is 0 Å². The lowest BCUT2D eigenvalue weighted by molar-refractivity contribution is -0.141. The lowest BCUT2D eigenvalue weighted by Crippen LogP contribution is -2.13. The summed E-state index contributed by atoms with van der Waals surface area (Å²) in [7, 11) is -2.47. The number of carbonyl (C=O) groups is 1. The van der Waals surface area contributed by atoms with Gasteiger partial charge in [0.1, 0.15) is 5.75 Å². The van der Waals surface area contributed by atoms with E-state index < -0.39 is 10.0 Å². The predicted molar refractivity (Wildman–Crippen MR) is 95.6 cm³/mol. The zero-order chi connectivity index (χ0) is 18.4. The van der Waals surface area contributed by atoms with Gasteiger partial charge in [-0.25, -0.2) is 8.42 Å². The van der Waals surface area contributed by atoms with Crippen LogP contribution in [0.2, 0.25) is 5.02 Å². The van der Waals surface area contributed by atoms with Gasteiger partial charge in [0.15, 0.2) is 0 Å². The number of sulfonamides is 1. The van der Waals surface area contributed by atoms with Crippen molar-refractivity contribution in [3.8, 4) is 5.75 Å². The maximum atomic E-state index is 12.4. The molecule has 0 aliphatic rings. The molecule has 134 valence electrons. The summed E-state index contributed by atoms with van der Waals surface area (Å²) in [6.45, 7) is 2.01. The number of hydrogen-bond donors (Lipinski definition) is 1. The highest BCUT2D eigenvalue weighted by Crippen LogP contribution is 2.26. The zero-order valence-corrected chi connectivity index (χ0v) is 15.4. The van der Waals surface area contributed by atoms with Gasteiger partial charge in [-0.3, -0.25) is 9.52 Å². The van der Waals surface area contributed by atoms with Crippen LogP contribution in [0.4, 0.5) is 5.69 Å². The number of benzene rings is 2. The molecule has 0 saturated carbocycles. The minimum atomic E-state index is -3.77. The summed E-state index contributed by atoms with van der Waals surface area (Å²) < 4.78 is 37.2. The molecule has 0 unspecified atom stereocenters. The van der Waals surface area contributed by atoms with E-state index in [0.717, 1.165) is 5.56 Å². The Bertz CT molecular complexity index is 850. The monoisotopic (exact) mass is 383 g/mol. The molecule has 0 spiro atoms. The molecule has 2 aromatic rings. The smallest absolute Gasteiger partial charge is 0.308 e. The maximum absolute atomic E-state index is 12.4. The van der Waals surface area contributed by atoms with Gasteiger partial charge in [-0.1, -0.05) is 17.7 Å². The molecule has 6 nitrogen and oxygen atoms in total. The van der Waals surface area contributed by atoms with E-state index in [0.29, 0.717) is 16.5 Å². The van der Waals surface area contributed by atoms with Crippen molar-refractivity contribution in [3.63, 3.8) is 0 Å². The molecule has 0 aromatic heterocycles. The molecule has 0 heterocycles. The summed E-state index contributed by atoms with van der Waals surface area (Å²) in [5.41, 5.74) is 1.24. The first kappa shape index (κ1) is 19.1. The van der Waals surface area contributed by atoms with Gasteiger partial charge in [-0.05, 0) is 48.9 Å². The van der Waals surface area contributed by atoms with E-state index in [2.05, 4.69) is 9.46 Å². The van der Waals surface area contributed by atoms with E-state index in [1.54, 1.807) is 18.2 Å². The predicted octanol–water partition coefficient (Wildman–Crippen LogP) is 3.39. The number of aryl methyl sites for hydroxylation is 1. The van der Waals surface area contributed by atoms with Gasteiger partial charge >= 0.3 is 5.97 Å². The normalized spacial score (nSPS) is 11.0. The SMILES string of the molecule is COC(=O)CCOc1ccc(S(=O)(=O)Nc2ccc(C)cc2Cl)cc1. The minimum absolute atomic E-state index is 0.0736. The van der Waals surface area contributed by atoms with Crippen LogP contribution < -0.4 is 9.46 Å². The van der Waals surface area contributed by atoms with Crippen LogP contribution in [0.15, 0.2) is 47.4 Å². The first-order chi connectivity index (χ1) is 11.8. The molecule has 0 aliphatic carbocycles. The number of anilines is 1. The number of halogens is 1. The average molecular weight is 384 g/mol. The molecule has 0 amide bonds. The Kier molecular flexibility index (Phi) is 6.27. The largest absolute Gasteiger partial charge is 0.493 e. The number of nitrogens with one attached hydrogen (secondary N) is 1. The Labute approximate surface area is 151 Å². The quantitative estimate of drug-likeness (QED) is 0.741. The van der Waals surface area contributed by atoms with E-state index in [1.165, 1.54) is 31.4 Å². The summed E-state index contributed by atoms with van der Waals surface area (Å²) >= 11 is 6.06. The van der Waals surface area contributed by atoms with E-state index in [9.17, 15) is 13.2 Å². The van der Waals surface area contributed by atoms with Crippen LogP contribution in [0.5, 0.6) is 5.75 Å².